The SMILES string of the molecule is CCC(CC)(c1ccc(C#CC2(O)CCC2)c(C)c1)c1ccc(OCC(O)CCC(=O)O)c(C)c1. The van der Waals surface area contributed by atoms with Gasteiger partial charge >= 0.3 is 5.97 Å². The van der Waals surface area contributed by atoms with Crippen LogP contribution in [0.5, 0.6) is 5.75 Å². The molecule has 0 aromatic heterocycles. The molecule has 5 nitrogen and oxygen atoms in total. The summed E-state index contributed by atoms with van der Waals surface area (Å²) in [4.78, 5) is 10.7. The van der Waals surface area contributed by atoms with Crippen LogP contribution in [0.3, 0.4) is 0 Å². The van der Waals surface area contributed by atoms with Crippen molar-refractivity contribution in [3.8, 4) is 17.6 Å². The zero-order valence-corrected chi connectivity index (χ0v) is 21.4. The fourth-order valence-corrected chi connectivity index (χ4v) is 4.82. The quantitative estimate of drug-likeness (QED) is 0.405. The molecule has 1 unspecified atom stereocenters. The highest BCUT2D eigenvalue weighted by Crippen LogP contribution is 2.41. The Kier molecular flexibility index (Phi) is 8.64. The van der Waals surface area contributed by atoms with E-state index in [9.17, 15) is 15.0 Å². The summed E-state index contributed by atoms with van der Waals surface area (Å²) >= 11 is 0. The molecule has 0 bridgehead atoms. The van der Waals surface area contributed by atoms with Crippen LogP contribution < -0.4 is 4.74 Å². The number of aryl methyl sites for hydroxylation is 2. The Morgan fingerprint density at radius 1 is 1.09 bits per heavy atom. The molecule has 35 heavy (non-hydrogen) atoms. The molecule has 0 radical (unpaired) electrons. The van der Waals surface area contributed by atoms with E-state index in [1.54, 1.807) is 0 Å². The average Bonchev–Trinajstić information content (AvgIpc) is 2.81. The van der Waals surface area contributed by atoms with Gasteiger partial charge in [0, 0.05) is 17.4 Å². The van der Waals surface area contributed by atoms with Crippen molar-refractivity contribution in [2.45, 2.75) is 89.8 Å². The number of carboxylic acids is 1. The smallest absolute Gasteiger partial charge is 0.303 e. The highest BCUT2D eigenvalue weighted by molar-refractivity contribution is 5.66. The van der Waals surface area contributed by atoms with Crippen molar-refractivity contribution in [1.82, 2.24) is 0 Å². The third kappa shape index (κ3) is 6.25. The van der Waals surface area contributed by atoms with E-state index in [2.05, 4.69) is 62.9 Å². The van der Waals surface area contributed by atoms with E-state index in [0.29, 0.717) is 5.75 Å². The molecular formula is C30H38O5. The number of aliphatic hydroxyl groups is 2. The summed E-state index contributed by atoms with van der Waals surface area (Å²) in [7, 11) is 0. The molecule has 1 aliphatic rings. The van der Waals surface area contributed by atoms with Gasteiger partial charge in [0.2, 0.25) is 0 Å². The molecule has 0 saturated heterocycles. The molecule has 188 valence electrons. The van der Waals surface area contributed by atoms with Crippen molar-refractivity contribution in [1.29, 1.82) is 0 Å². The first-order valence-corrected chi connectivity index (χ1v) is 12.6. The van der Waals surface area contributed by atoms with Crippen LogP contribution in [-0.4, -0.2) is 39.6 Å². The van der Waals surface area contributed by atoms with Crippen molar-refractivity contribution >= 4 is 5.97 Å². The molecule has 1 atom stereocenters. The molecule has 1 aliphatic carbocycles. The largest absolute Gasteiger partial charge is 0.491 e. The maximum absolute atomic E-state index is 10.7. The van der Waals surface area contributed by atoms with Crippen LogP contribution in [0.1, 0.15) is 86.6 Å². The van der Waals surface area contributed by atoms with Gasteiger partial charge in [-0.15, -0.1) is 0 Å². The summed E-state index contributed by atoms with van der Waals surface area (Å²) < 4.78 is 5.80. The topological polar surface area (TPSA) is 87.0 Å². The second kappa shape index (κ2) is 11.3. The van der Waals surface area contributed by atoms with Crippen LogP contribution in [-0.2, 0) is 10.2 Å². The second-order valence-electron chi connectivity index (χ2n) is 9.83. The van der Waals surface area contributed by atoms with Gasteiger partial charge in [0.05, 0.1) is 6.10 Å². The first-order valence-electron chi connectivity index (χ1n) is 12.6. The molecule has 3 rings (SSSR count). The Labute approximate surface area is 209 Å². The number of hydrogen-bond acceptors (Lipinski definition) is 4. The zero-order valence-electron chi connectivity index (χ0n) is 21.4. The minimum Gasteiger partial charge on any atom is -0.491 e. The second-order valence-corrected chi connectivity index (χ2v) is 9.83. The summed E-state index contributed by atoms with van der Waals surface area (Å²) in [6.45, 7) is 8.55. The molecule has 1 fully saturated rings. The third-order valence-corrected chi connectivity index (χ3v) is 7.45. The predicted molar refractivity (Wildman–Crippen MR) is 138 cm³/mol. The maximum atomic E-state index is 10.7. The number of carboxylic acid groups (broad SMARTS) is 1. The van der Waals surface area contributed by atoms with Gasteiger partial charge in [-0.1, -0.05) is 50.0 Å². The number of aliphatic hydroxyl groups excluding tert-OH is 1. The first-order chi connectivity index (χ1) is 16.6. The normalized spacial score (nSPS) is 15.5. The first kappa shape index (κ1) is 26.8. The number of benzene rings is 2. The van der Waals surface area contributed by atoms with Crippen LogP contribution in [0.2, 0.25) is 0 Å². The number of aliphatic carboxylic acids is 1. The molecule has 2 aromatic rings. The van der Waals surface area contributed by atoms with E-state index in [-0.39, 0.29) is 24.9 Å². The van der Waals surface area contributed by atoms with E-state index in [1.165, 1.54) is 11.1 Å². The fourth-order valence-electron chi connectivity index (χ4n) is 4.82. The van der Waals surface area contributed by atoms with Gasteiger partial charge in [-0.2, -0.15) is 0 Å². The van der Waals surface area contributed by atoms with E-state index in [0.717, 1.165) is 48.8 Å². The van der Waals surface area contributed by atoms with Crippen molar-refractivity contribution in [2.24, 2.45) is 0 Å². The van der Waals surface area contributed by atoms with E-state index in [4.69, 9.17) is 9.84 Å². The van der Waals surface area contributed by atoms with Gasteiger partial charge in [0.25, 0.3) is 0 Å². The highest BCUT2D eigenvalue weighted by Gasteiger charge is 2.33. The number of carbonyl (C=O) groups is 1. The Bertz CT molecular complexity index is 1100. The van der Waals surface area contributed by atoms with Crippen LogP contribution in [0.25, 0.3) is 0 Å². The van der Waals surface area contributed by atoms with Gasteiger partial charge in [-0.3, -0.25) is 4.79 Å². The Hall–Kier alpha value is -2.81. The molecule has 3 N–H and O–H groups in total. The molecule has 1 saturated carbocycles. The van der Waals surface area contributed by atoms with Crippen molar-refractivity contribution < 1.29 is 24.9 Å². The lowest BCUT2D eigenvalue weighted by Gasteiger charge is -2.34. The molecule has 0 spiro atoms. The number of rotatable bonds is 10. The maximum Gasteiger partial charge on any atom is 0.303 e. The van der Waals surface area contributed by atoms with Crippen LogP contribution >= 0.6 is 0 Å². The summed E-state index contributed by atoms with van der Waals surface area (Å²) in [5.41, 5.74) is 4.52. The van der Waals surface area contributed by atoms with Crippen LogP contribution in [0, 0.1) is 25.7 Å². The fraction of sp³-hybridized carbons (Fsp3) is 0.500. The lowest BCUT2D eigenvalue weighted by Crippen LogP contribution is -2.34. The van der Waals surface area contributed by atoms with Gasteiger partial charge in [-0.05, 0) is 86.8 Å². The molecule has 2 aromatic carbocycles. The summed E-state index contributed by atoms with van der Waals surface area (Å²) in [6, 6.07) is 12.6. The van der Waals surface area contributed by atoms with Crippen LogP contribution in [0.15, 0.2) is 36.4 Å². The third-order valence-electron chi connectivity index (χ3n) is 7.45. The Morgan fingerprint density at radius 3 is 2.23 bits per heavy atom. The van der Waals surface area contributed by atoms with Crippen molar-refractivity contribution in [3.63, 3.8) is 0 Å². The molecule has 5 heteroatoms. The van der Waals surface area contributed by atoms with Gasteiger partial charge in [-0.25, -0.2) is 0 Å². The molecular weight excluding hydrogens is 440 g/mol. The van der Waals surface area contributed by atoms with Gasteiger partial charge in [0.1, 0.15) is 18.0 Å². The monoisotopic (exact) mass is 478 g/mol. The van der Waals surface area contributed by atoms with Crippen molar-refractivity contribution in [2.75, 3.05) is 6.61 Å². The predicted octanol–water partition coefficient (Wildman–Crippen LogP) is 5.28. The van der Waals surface area contributed by atoms with Crippen molar-refractivity contribution in [3.05, 3.63) is 64.2 Å². The summed E-state index contributed by atoms with van der Waals surface area (Å²) in [6.07, 6.45) is 3.68. The summed E-state index contributed by atoms with van der Waals surface area (Å²) in [5, 5.41) is 29.1. The molecule has 0 heterocycles. The number of ether oxygens (including phenoxy) is 1. The minimum absolute atomic E-state index is 0.0665. The molecule has 0 aliphatic heterocycles. The highest BCUT2D eigenvalue weighted by atomic mass is 16.5. The Morgan fingerprint density at radius 2 is 1.71 bits per heavy atom. The van der Waals surface area contributed by atoms with E-state index in [1.807, 2.05) is 13.0 Å². The zero-order chi connectivity index (χ0) is 25.6. The van der Waals surface area contributed by atoms with Gasteiger partial charge < -0.3 is 20.1 Å². The lowest BCUT2D eigenvalue weighted by molar-refractivity contribution is -0.137. The Balaban J connectivity index is 1.82. The van der Waals surface area contributed by atoms with Crippen LogP contribution in [0.4, 0.5) is 0 Å². The molecule has 0 amide bonds. The van der Waals surface area contributed by atoms with Gasteiger partial charge in [0.15, 0.2) is 0 Å². The van der Waals surface area contributed by atoms with E-state index >= 15 is 0 Å². The standard InChI is InChI=1S/C30H38O5/c1-5-30(6-2,24-9-8-23(21(3)18-24)14-17-29(34)15-7-16-29)25-10-12-27(22(4)19-25)35-20-26(31)11-13-28(32)33/h8-10,12,18-19,26,31,34H,5-7,11,13,15-16,20H2,1-4H3,(H,32,33). The summed E-state index contributed by atoms with van der Waals surface area (Å²) in [5.74, 6) is 6.03. The number of hydrogen-bond donors (Lipinski definition) is 3. The average molecular weight is 479 g/mol. The van der Waals surface area contributed by atoms with E-state index < -0.39 is 17.7 Å². The lowest BCUT2D eigenvalue weighted by atomic mass is 9.70. The minimum atomic E-state index is -0.925.